The van der Waals surface area contributed by atoms with Crippen LogP contribution in [0.4, 0.5) is 0 Å². The standard InChI is InChI=1S/C19H24Si/c1-19(2,3)20(16-10-4-5-11-16,17-12-6-7-13-17)18-14-8-9-15-18/h4-18H,1-3H3. The molecule has 0 aromatic heterocycles. The first kappa shape index (κ1) is 13.6. The molecular formula is C19H24Si. The summed E-state index contributed by atoms with van der Waals surface area (Å²) in [4.78, 5) is 0. The molecule has 0 bridgehead atoms. The summed E-state index contributed by atoms with van der Waals surface area (Å²) in [6.07, 6.45) is 28.1. The summed E-state index contributed by atoms with van der Waals surface area (Å²) in [5.74, 6) is 0. The van der Waals surface area contributed by atoms with Crippen LogP contribution in [0.3, 0.4) is 0 Å². The Morgan fingerprint density at radius 2 is 0.800 bits per heavy atom. The van der Waals surface area contributed by atoms with Gasteiger partial charge in [-0.3, -0.25) is 0 Å². The van der Waals surface area contributed by atoms with Gasteiger partial charge in [-0.15, -0.1) is 0 Å². The summed E-state index contributed by atoms with van der Waals surface area (Å²) in [7, 11) is -1.72. The Kier molecular flexibility index (Phi) is 3.33. The second kappa shape index (κ2) is 4.89. The van der Waals surface area contributed by atoms with E-state index in [0.717, 1.165) is 0 Å². The van der Waals surface area contributed by atoms with Gasteiger partial charge in [0.2, 0.25) is 0 Å². The average molecular weight is 280 g/mol. The molecule has 0 amide bonds. The molecule has 0 radical (unpaired) electrons. The normalized spacial score (nSPS) is 22.9. The van der Waals surface area contributed by atoms with Gasteiger partial charge in [-0.2, -0.15) is 0 Å². The fourth-order valence-electron chi connectivity index (χ4n) is 4.42. The molecule has 104 valence electrons. The smallest absolute Gasteiger partial charge is 0.0802 e. The van der Waals surface area contributed by atoms with E-state index in [-0.39, 0.29) is 0 Å². The van der Waals surface area contributed by atoms with Gasteiger partial charge in [0.25, 0.3) is 0 Å². The van der Waals surface area contributed by atoms with Gasteiger partial charge < -0.3 is 0 Å². The van der Waals surface area contributed by atoms with Crippen molar-refractivity contribution in [3.8, 4) is 0 Å². The predicted molar refractivity (Wildman–Crippen MR) is 91.6 cm³/mol. The zero-order valence-corrected chi connectivity index (χ0v) is 13.7. The van der Waals surface area contributed by atoms with Crippen molar-refractivity contribution in [3.05, 3.63) is 72.9 Å². The lowest BCUT2D eigenvalue weighted by atomic mass is 10.2. The lowest BCUT2D eigenvalue weighted by Crippen LogP contribution is -2.53. The van der Waals surface area contributed by atoms with Gasteiger partial charge in [-0.05, 0) is 21.7 Å². The van der Waals surface area contributed by atoms with Crippen LogP contribution in [0.1, 0.15) is 20.8 Å². The second-order valence-corrected chi connectivity index (χ2v) is 12.4. The molecule has 0 atom stereocenters. The minimum absolute atomic E-state index is 0.337. The van der Waals surface area contributed by atoms with Crippen molar-refractivity contribution in [2.45, 2.75) is 42.4 Å². The molecule has 0 nitrogen and oxygen atoms in total. The summed E-state index contributed by atoms with van der Waals surface area (Å²) in [6, 6.07) is 0. The number of hydrogen-bond donors (Lipinski definition) is 0. The van der Waals surface area contributed by atoms with E-state index in [1.807, 2.05) is 0 Å². The maximum absolute atomic E-state index is 2.46. The molecule has 0 N–H and O–H groups in total. The molecule has 1 heteroatoms. The molecule has 3 aliphatic rings. The van der Waals surface area contributed by atoms with E-state index in [4.69, 9.17) is 0 Å². The van der Waals surface area contributed by atoms with E-state index in [1.165, 1.54) is 0 Å². The Balaban J connectivity index is 2.17. The minimum atomic E-state index is -1.72. The van der Waals surface area contributed by atoms with Crippen LogP contribution in [0.25, 0.3) is 0 Å². The summed E-state index contributed by atoms with van der Waals surface area (Å²) < 4.78 is 0. The van der Waals surface area contributed by atoms with E-state index in [0.29, 0.717) is 21.7 Å². The molecule has 0 saturated heterocycles. The molecule has 0 unspecified atom stereocenters. The maximum atomic E-state index is 2.46. The van der Waals surface area contributed by atoms with E-state index < -0.39 is 8.07 Å². The Hall–Kier alpha value is -1.34. The van der Waals surface area contributed by atoms with Crippen molar-refractivity contribution in [1.29, 1.82) is 0 Å². The van der Waals surface area contributed by atoms with Crippen LogP contribution in [0.5, 0.6) is 0 Å². The third kappa shape index (κ3) is 1.88. The molecule has 0 fully saturated rings. The third-order valence-electron chi connectivity index (χ3n) is 5.20. The Bertz CT molecular complexity index is 443. The van der Waals surface area contributed by atoms with Gasteiger partial charge in [-0.25, -0.2) is 0 Å². The minimum Gasteiger partial charge on any atom is -0.0802 e. The SMILES string of the molecule is CC(C)(C)[Si](C1C=CC=C1)(C1C=CC=C1)C1C=CC=C1. The van der Waals surface area contributed by atoms with Gasteiger partial charge in [0, 0.05) is 0 Å². The first-order valence-electron chi connectivity index (χ1n) is 7.62. The van der Waals surface area contributed by atoms with Crippen LogP contribution in [0.2, 0.25) is 21.7 Å². The number of rotatable bonds is 3. The lowest BCUT2D eigenvalue weighted by molar-refractivity contribution is 0.681. The molecule has 0 aromatic carbocycles. The molecule has 3 rings (SSSR count). The van der Waals surface area contributed by atoms with Crippen molar-refractivity contribution in [1.82, 2.24) is 0 Å². The maximum Gasteiger partial charge on any atom is 0.0915 e. The highest BCUT2D eigenvalue weighted by Gasteiger charge is 2.56. The molecular weight excluding hydrogens is 256 g/mol. The van der Waals surface area contributed by atoms with Gasteiger partial charge in [0.15, 0.2) is 0 Å². The summed E-state index contributed by atoms with van der Waals surface area (Å²) in [5, 5.41) is 0.337. The molecule has 3 aliphatic carbocycles. The highest BCUT2D eigenvalue weighted by atomic mass is 28.3. The topological polar surface area (TPSA) is 0 Å². The van der Waals surface area contributed by atoms with Crippen LogP contribution in [0, 0.1) is 0 Å². The zero-order valence-electron chi connectivity index (χ0n) is 12.7. The second-order valence-electron chi connectivity index (χ2n) is 7.07. The molecule has 0 aromatic rings. The van der Waals surface area contributed by atoms with E-state index >= 15 is 0 Å². The zero-order chi connectivity index (χ0) is 14.2. The molecule has 0 spiro atoms. The van der Waals surface area contributed by atoms with Crippen LogP contribution in [0.15, 0.2) is 72.9 Å². The molecule has 0 heterocycles. The Labute approximate surface area is 124 Å². The van der Waals surface area contributed by atoms with Crippen LogP contribution in [-0.4, -0.2) is 8.07 Å². The van der Waals surface area contributed by atoms with Crippen molar-refractivity contribution in [3.63, 3.8) is 0 Å². The summed E-state index contributed by atoms with van der Waals surface area (Å²) >= 11 is 0. The highest BCUT2D eigenvalue weighted by Crippen LogP contribution is 2.60. The largest absolute Gasteiger partial charge is 0.0915 e. The van der Waals surface area contributed by atoms with Gasteiger partial charge in [-0.1, -0.05) is 93.7 Å². The van der Waals surface area contributed by atoms with Gasteiger partial charge >= 0.3 is 0 Å². The van der Waals surface area contributed by atoms with Gasteiger partial charge in [0.05, 0.1) is 8.07 Å². The van der Waals surface area contributed by atoms with Crippen LogP contribution < -0.4 is 0 Å². The van der Waals surface area contributed by atoms with Gasteiger partial charge in [0.1, 0.15) is 0 Å². The quantitative estimate of drug-likeness (QED) is 0.580. The van der Waals surface area contributed by atoms with Crippen LogP contribution in [-0.2, 0) is 0 Å². The fraction of sp³-hybridized carbons (Fsp3) is 0.368. The summed E-state index contributed by atoms with van der Waals surface area (Å²) in [5.41, 5.74) is 1.87. The summed E-state index contributed by atoms with van der Waals surface area (Å²) in [6.45, 7) is 7.37. The Morgan fingerprint density at radius 3 is 1.00 bits per heavy atom. The first-order chi connectivity index (χ1) is 9.57. The van der Waals surface area contributed by atoms with Crippen LogP contribution >= 0.6 is 0 Å². The van der Waals surface area contributed by atoms with Crippen molar-refractivity contribution in [2.24, 2.45) is 0 Å². The molecule has 0 saturated carbocycles. The Morgan fingerprint density at radius 1 is 0.550 bits per heavy atom. The molecule has 0 aliphatic heterocycles. The lowest BCUT2D eigenvalue weighted by Gasteiger charge is -2.52. The highest BCUT2D eigenvalue weighted by molar-refractivity contribution is 6.89. The molecule has 20 heavy (non-hydrogen) atoms. The van der Waals surface area contributed by atoms with E-state index in [1.54, 1.807) is 0 Å². The average Bonchev–Trinajstić information content (AvgIpc) is 3.13. The first-order valence-corrected chi connectivity index (χ1v) is 9.85. The number of allylic oxidation sites excluding steroid dienone is 12. The van der Waals surface area contributed by atoms with Crippen molar-refractivity contribution < 1.29 is 0 Å². The van der Waals surface area contributed by atoms with E-state index in [9.17, 15) is 0 Å². The van der Waals surface area contributed by atoms with E-state index in [2.05, 4.69) is 93.7 Å². The monoisotopic (exact) mass is 280 g/mol. The number of hydrogen-bond acceptors (Lipinski definition) is 0. The van der Waals surface area contributed by atoms with Crippen molar-refractivity contribution in [2.75, 3.05) is 0 Å². The predicted octanol–water partition coefficient (Wildman–Crippen LogP) is 5.72. The third-order valence-corrected chi connectivity index (χ3v) is 12.3. The van der Waals surface area contributed by atoms with Crippen molar-refractivity contribution >= 4 is 8.07 Å². The fourth-order valence-corrected chi connectivity index (χ4v) is 11.3.